The highest BCUT2D eigenvalue weighted by molar-refractivity contribution is 14.0. The summed E-state index contributed by atoms with van der Waals surface area (Å²) in [4.78, 5) is 4.35. The number of hydrogen-bond acceptors (Lipinski definition) is 2. The molecule has 0 spiro atoms. The van der Waals surface area contributed by atoms with Gasteiger partial charge in [-0.25, -0.2) is 0 Å². The molecule has 0 saturated heterocycles. The van der Waals surface area contributed by atoms with E-state index in [1.54, 1.807) is 0 Å². The number of anilines is 1. The first-order chi connectivity index (χ1) is 10.0. The lowest BCUT2D eigenvalue weighted by molar-refractivity contribution is 0.585. The van der Waals surface area contributed by atoms with Gasteiger partial charge < -0.3 is 11.1 Å². The highest BCUT2D eigenvalue weighted by atomic mass is 127. The van der Waals surface area contributed by atoms with Crippen LogP contribution in [0.2, 0.25) is 0 Å². The Bertz CT molecular complexity index is 633. The van der Waals surface area contributed by atoms with Gasteiger partial charge in [-0.1, -0.05) is 12.1 Å². The molecule has 0 atom stereocenters. The van der Waals surface area contributed by atoms with Crippen LogP contribution >= 0.6 is 24.0 Å². The maximum Gasteiger partial charge on any atom is 0.193 e. The molecule has 2 rings (SSSR count). The van der Waals surface area contributed by atoms with Crippen molar-refractivity contribution < 1.29 is 0 Å². The molecule has 0 amide bonds. The van der Waals surface area contributed by atoms with E-state index in [-0.39, 0.29) is 24.0 Å². The summed E-state index contributed by atoms with van der Waals surface area (Å²) in [6.07, 6.45) is 4.80. The molecule has 1 heterocycles. The van der Waals surface area contributed by atoms with Gasteiger partial charge in [0.05, 0.1) is 6.20 Å². The van der Waals surface area contributed by atoms with Gasteiger partial charge in [0.15, 0.2) is 5.96 Å². The highest BCUT2D eigenvalue weighted by Gasteiger charge is 2.00. The maximum atomic E-state index is 5.92. The molecular formula is C16H24IN5. The summed E-state index contributed by atoms with van der Waals surface area (Å²) in [5.41, 5.74) is 10.5. The van der Waals surface area contributed by atoms with Gasteiger partial charge in [0, 0.05) is 25.0 Å². The molecule has 5 nitrogen and oxygen atoms in total. The van der Waals surface area contributed by atoms with Crippen LogP contribution in [0.15, 0.2) is 35.6 Å². The molecule has 6 heteroatoms. The summed E-state index contributed by atoms with van der Waals surface area (Å²) in [7, 11) is 0. The van der Waals surface area contributed by atoms with Crippen LogP contribution < -0.4 is 11.1 Å². The molecule has 1 aromatic carbocycles. The predicted molar refractivity (Wildman–Crippen MR) is 103 cm³/mol. The number of guanidine groups is 1. The van der Waals surface area contributed by atoms with E-state index in [2.05, 4.69) is 47.5 Å². The Morgan fingerprint density at radius 2 is 2.05 bits per heavy atom. The van der Waals surface area contributed by atoms with E-state index in [4.69, 9.17) is 5.73 Å². The number of benzene rings is 1. The molecule has 0 unspecified atom stereocenters. The maximum absolute atomic E-state index is 5.92. The minimum absolute atomic E-state index is 0. The number of hydrogen-bond donors (Lipinski definition) is 2. The molecule has 3 N–H and O–H groups in total. The summed E-state index contributed by atoms with van der Waals surface area (Å²) in [5.74, 6) is 0.459. The van der Waals surface area contributed by atoms with E-state index in [0.29, 0.717) is 12.5 Å². The van der Waals surface area contributed by atoms with Gasteiger partial charge in [0.1, 0.15) is 0 Å². The molecule has 0 aliphatic carbocycles. The fourth-order valence-corrected chi connectivity index (χ4v) is 2.07. The third kappa shape index (κ3) is 5.67. The Labute approximate surface area is 149 Å². The summed E-state index contributed by atoms with van der Waals surface area (Å²) in [5, 5.41) is 7.40. The SMILES string of the molecule is Cc1ccc(C)c(NC(N)=NCCCn2cc(C)cn2)c1.I. The Kier molecular flexibility index (Phi) is 7.37. The molecule has 0 radical (unpaired) electrons. The first-order valence-corrected chi connectivity index (χ1v) is 7.18. The van der Waals surface area contributed by atoms with Crippen molar-refractivity contribution in [2.45, 2.75) is 33.7 Å². The average molecular weight is 413 g/mol. The van der Waals surface area contributed by atoms with Crippen molar-refractivity contribution in [2.24, 2.45) is 10.7 Å². The Hall–Kier alpha value is -1.57. The third-order valence-electron chi connectivity index (χ3n) is 3.25. The number of rotatable bonds is 5. The van der Waals surface area contributed by atoms with Crippen molar-refractivity contribution in [1.82, 2.24) is 9.78 Å². The first kappa shape index (κ1) is 18.5. The van der Waals surface area contributed by atoms with Crippen LogP contribution in [0.3, 0.4) is 0 Å². The summed E-state index contributed by atoms with van der Waals surface area (Å²) in [6.45, 7) is 7.68. The molecule has 0 bridgehead atoms. The number of nitrogens with one attached hydrogen (secondary N) is 1. The van der Waals surface area contributed by atoms with E-state index < -0.39 is 0 Å². The lowest BCUT2D eigenvalue weighted by atomic mass is 10.1. The number of halogens is 1. The van der Waals surface area contributed by atoms with Crippen LogP contribution in [-0.4, -0.2) is 22.3 Å². The van der Waals surface area contributed by atoms with Gasteiger partial charge in [-0.15, -0.1) is 24.0 Å². The highest BCUT2D eigenvalue weighted by Crippen LogP contribution is 2.15. The molecule has 2 aromatic rings. The number of aromatic nitrogens is 2. The monoisotopic (exact) mass is 413 g/mol. The quantitative estimate of drug-likeness (QED) is 0.342. The van der Waals surface area contributed by atoms with Gasteiger partial charge in [-0.2, -0.15) is 5.10 Å². The van der Waals surface area contributed by atoms with Crippen molar-refractivity contribution in [1.29, 1.82) is 0 Å². The third-order valence-corrected chi connectivity index (χ3v) is 3.25. The summed E-state index contributed by atoms with van der Waals surface area (Å²) < 4.78 is 1.93. The number of aryl methyl sites for hydroxylation is 4. The van der Waals surface area contributed by atoms with Crippen LogP contribution in [0.25, 0.3) is 0 Å². The first-order valence-electron chi connectivity index (χ1n) is 7.18. The van der Waals surface area contributed by atoms with Crippen LogP contribution in [0.4, 0.5) is 5.69 Å². The lowest BCUT2D eigenvalue weighted by Gasteiger charge is -2.09. The fourth-order valence-electron chi connectivity index (χ4n) is 2.07. The second-order valence-corrected chi connectivity index (χ2v) is 5.34. The van der Waals surface area contributed by atoms with Crippen molar-refractivity contribution in [3.63, 3.8) is 0 Å². The largest absolute Gasteiger partial charge is 0.370 e. The zero-order valence-electron chi connectivity index (χ0n) is 13.3. The second kappa shape index (κ2) is 8.77. The lowest BCUT2D eigenvalue weighted by Crippen LogP contribution is -2.23. The number of nitrogens with two attached hydrogens (primary N) is 1. The van der Waals surface area contributed by atoms with Gasteiger partial charge in [0.2, 0.25) is 0 Å². The van der Waals surface area contributed by atoms with E-state index in [9.17, 15) is 0 Å². The van der Waals surface area contributed by atoms with E-state index in [1.807, 2.05) is 24.0 Å². The minimum Gasteiger partial charge on any atom is -0.370 e. The predicted octanol–water partition coefficient (Wildman–Crippen LogP) is 3.24. The van der Waals surface area contributed by atoms with Gasteiger partial charge in [0.25, 0.3) is 0 Å². The fraction of sp³-hybridized carbons (Fsp3) is 0.375. The Morgan fingerprint density at radius 3 is 2.73 bits per heavy atom. The average Bonchev–Trinajstić information content (AvgIpc) is 2.85. The van der Waals surface area contributed by atoms with E-state index in [0.717, 1.165) is 24.2 Å². The molecule has 1 aromatic heterocycles. The molecular weight excluding hydrogens is 389 g/mol. The topological polar surface area (TPSA) is 68.2 Å². The molecule has 0 fully saturated rings. The van der Waals surface area contributed by atoms with E-state index >= 15 is 0 Å². The standard InChI is InChI=1S/C16H23N5.HI/c1-12-5-6-14(3)15(9-12)20-16(17)18-7-4-8-21-11-13(2)10-19-21;/h5-6,9-11H,4,7-8H2,1-3H3,(H3,17,18,20);1H. The van der Waals surface area contributed by atoms with Gasteiger partial charge in [-0.05, 0) is 49.9 Å². The Morgan fingerprint density at radius 1 is 1.27 bits per heavy atom. The van der Waals surface area contributed by atoms with Gasteiger partial charge in [-0.3, -0.25) is 9.67 Å². The van der Waals surface area contributed by atoms with E-state index in [1.165, 1.54) is 11.1 Å². The molecule has 22 heavy (non-hydrogen) atoms. The van der Waals surface area contributed by atoms with Crippen molar-refractivity contribution in [3.8, 4) is 0 Å². The van der Waals surface area contributed by atoms with Crippen molar-refractivity contribution in [3.05, 3.63) is 47.3 Å². The van der Waals surface area contributed by atoms with Gasteiger partial charge >= 0.3 is 0 Å². The number of nitrogens with zero attached hydrogens (tertiary/aromatic N) is 3. The van der Waals surface area contributed by atoms with Crippen molar-refractivity contribution >= 4 is 35.6 Å². The van der Waals surface area contributed by atoms with Crippen LogP contribution in [0.1, 0.15) is 23.1 Å². The minimum atomic E-state index is 0. The molecule has 0 aliphatic rings. The smallest absolute Gasteiger partial charge is 0.193 e. The molecule has 0 saturated carbocycles. The summed E-state index contributed by atoms with van der Waals surface area (Å²) >= 11 is 0. The zero-order chi connectivity index (χ0) is 15.2. The Balaban J connectivity index is 0.00000242. The summed E-state index contributed by atoms with van der Waals surface area (Å²) in [6, 6.07) is 6.23. The molecule has 120 valence electrons. The number of aliphatic imine (C=N–C) groups is 1. The van der Waals surface area contributed by atoms with Crippen LogP contribution in [-0.2, 0) is 6.54 Å². The zero-order valence-corrected chi connectivity index (χ0v) is 15.7. The normalized spacial score (nSPS) is 11.1. The molecule has 0 aliphatic heterocycles. The second-order valence-electron chi connectivity index (χ2n) is 5.34. The van der Waals surface area contributed by atoms with Crippen molar-refractivity contribution in [2.75, 3.05) is 11.9 Å². The van der Waals surface area contributed by atoms with Crippen LogP contribution in [0, 0.1) is 20.8 Å². The van der Waals surface area contributed by atoms with Crippen LogP contribution in [0.5, 0.6) is 0 Å².